The summed E-state index contributed by atoms with van der Waals surface area (Å²) in [6.45, 7) is 3.05. The Morgan fingerprint density at radius 3 is 3.12 bits per heavy atom. The van der Waals surface area contributed by atoms with Crippen LogP contribution < -0.4 is 5.56 Å². The summed E-state index contributed by atoms with van der Waals surface area (Å²) in [5.74, 6) is 1.20. The number of aromatic amines is 1. The molecule has 1 fully saturated rings. The topological polar surface area (TPSA) is 104 Å². The van der Waals surface area contributed by atoms with Gasteiger partial charge >= 0.3 is 0 Å². The molecule has 0 spiro atoms. The zero-order valence-corrected chi connectivity index (χ0v) is 13.5. The van der Waals surface area contributed by atoms with E-state index in [0.717, 1.165) is 17.2 Å². The summed E-state index contributed by atoms with van der Waals surface area (Å²) in [6.07, 6.45) is 6.12. The fraction of sp³-hybridized carbons (Fsp3) is 0.312. The maximum absolute atomic E-state index is 12.8. The van der Waals surface area contributed by atoms with Gasteiger partial charge in [-0.15, -0.1) is 0 Å². The van der Waals surface area contributed by atoms with Gasteiger partial charge in [-0.2, -0.15) is 10.2 Å². The highest BCUT2D eigenvalue weighted by Gasteiger charge is 2.20. The number of pyridine rings is 1. The lowest BCUT2D eigenvalue weighted by Gasteiger charge is -2.10. The summed E-state index contributed by atoms with van der Waals surface area (Å²) in [5.41, 5.74) is 0.950. The number of hydrogen-bond donors (Lipinski definition) is 1. The first kappa shape index (κ1) is 14.3. The Morgan fingerprint density at radius 1 is 1.36 bits per heavy atom. The number of fused-ring (bicyclic) bond motifs is 2. The van der Waals surface area contributed by atoms with Gasteiger partial charge in [0.05, 0.1) is 24.2 Å². The molecule has 1 saturated heterocycles. The van der Waals surface area contributed by atoms with Gasteiger partial charge in [0.25, 0.3) is 5.56 Å². The lowest BCUT2D eigenvalue weighted by molar-refractivity contribution is 0.186. The van der Waals surface area contributed by atoms with Crippen LogP contribution in [0.25, 0.3) is 27.8 Å². The van der Waals surface area contributed by atoms with Crippen LogP contribution in [0.5, 0.6) is 0 Å². The highest BCUT2D eigenvalue weighted by molar-refractivity contribution is 5.83. The molecule has 0 radical (unpaired) electrons. The number of nitrogens with one attached hydrogen (secondary N) is 1. The van der Waals surface area contributed by atoms with Gasteiger partial charge in [-0.25, -0.2) is 14.6 Å². The van der Waals surface area contributed by atoms with Gasteiger partial charge in [0.1, 0.15) is 5.82 Å². The van der Waals surface area contributed by atoms with Gasteiger partial charge in [-0.3, -0.25) is 9.89 Å². The van der Waals surface area contributed by atoms with Gasteiger partial charge < -0.3 is 9.30 Å². The van der Waals surface area contributed by atoms with Gasteiger partial charge in [0, 0.05) is 24.4 Å². The summed E-state index contributed by atoms with van der Waals surface area (Å²) in [5, 5.41) is 12.9. The first-order valence-electron chi connectivity index (χ1n) is 8.07. The molecule has 1 N–H and O–H groups in total. The normalized spacial score (nSPS) is 17.7. The van der Waals surface area contributed by atoms with Crippen molar-refractivity contribution in [1.29, 1.82) is 0 Å². The van der Waals surface area contributed by atoms with Crippen molar-refractivity contribution in [2.75, 3.05) is 13.2 Å². The van der Waals surface area contributed by atoms with E-state index in [0.29, 0.717) is 36.0 Å². The molecule has 4 aromatic heterocycles. The third kappa shape index (κ3) is 2.16. The molecule has 0 unspecified atom stereocenters. The van der Waals surface area contributed by atoms with Crippen molar-refractivity contribution in [3.63, 3.8) is 0 Å². The van der Waals surface area contributed by atoms with Crippen LogP contribution >= 0.6 is 0 Å². The number of nitrogens with zero attached hydrogens (tertiary/aromatic N) is 6. The molecule has 1 aliphatic heterocycles. The molecule has 1 atom stereocenters. The molecule has 5 rings (SSSR count). The molecule has 0 bridgehead atoms. The highest BCUT2D eigenvalue weighted by Crippen LogP contribution is 2.21. The smallest absolute Gasteiger partial charge is 0.279 e. The van der Waals surface area contributed by atoms with Crippen molar-refractivity contribution in [2.45, 2.75) is 19.4 Å². The molecule has 0 aliphatic carbocycles. The van der Waals surface area contributed by atoms with Crippen LogP contribution in [0.3, 0.4) is 0 Å². The van der Waals surface area contributed by atoms with E-state index in [9.17, 15) is 4.79 Å². The van der Waals surface area contributed by atoms with Gasteiger partial charge in [-0.05, 0) is 19.4 Å². The molecule has 126 valence electrons. The molecule has 25 heavy (non-hydrogen) atoms. The summed E-state index contributed by atoms with van der Waals surface area (Å²) in [7, 11) is 0. The van der Waals surface area contributed by atoms with E-state index < -0.39 is 0 Å². The summed E-state index contributed by atoms with van der Waals surface area (Å²) in [6, 6.07) is 1.98. The number of ether oxygens (including phenoxy) is 1. The maximum Gasteiger partial charge on any atom is 0.279 e. The molecule has 5 heterocycles. The van der Waals surface area contributed by atoms with E-state index in [1.165, 1.54) is 0 Å². The van der Waals surface area contributed by atoms with E-state index in [4.69, 9.17) is 4.74 Å². The lowest BCUT2D eigenvalue weighted by atomic mass is 10.2. The molecule has 0 amide bonds. The van der Waals surface area contributed by atoms with Crippen molar-refractivity contribution in [1.82, 2.24) is 34.5 Å². The van der Waals surface area contributed by atoms with E-state index in [1.54, 1.807) is 28.6 Å². The largest absolute Gasteiger partial charge is 0.379 e. The quantitative estimate of drug-likeness (QED) is 0.588. The Kier molecular flexibility index (Phi) is 2.98. The number of hydrogen-bond acceptors (Lipinski definition) is 6. The second-order valence-corrected chi connectivity index (χ2v) is 6.15. The van der Waals surface area contributed by atoms with Gasteiger partial charge in [0.2, 0.25) is 0 Å². The lowest BCUT2D eigenvalue weighted by Crippen LogP contribution is -2.24. The Bertz CT molecular complexity index is 1150. The number of rotatable bonds is 2. The standard InChI is InChI=1S/C16H15N7O2/c1-9-18-14-12(6-17-20-14)15(19-9)23-7-10-2-4-22(11-3-5-25-8-11)16(24)13(10)21-23/h2,4,6-7,11H,3,5,8H2,1H3,(H,17,18,19,20)/t11-/m0/s1. The summed E-state index contributed by atoms with van der Waals surface area (Å²) >= 11 is 0. The fourth-order valence-electron chi connectivity index (χ4n) is 3.27. The third-order valence-electron chi connectivity index (χ3n) is 4.51. The molecule has 9 heteroatoms. The molecule has 0 saturated carbocycles. The van der Waals surface area contributed by atoms with Crippen molar-refractivity contribution in [3.8, 4) is 5.82 Å². The van der Waals surface area contributed by atoms with Crippen molar-refractivity contribution in [2.24, 2.45) is 0 Å². The molecule has 9 nitrogen and oxygen atoms in total. The minimum Gasteiger partial charge on any atom is -0.379 e. The second-order valence-electron chi connectivity index (χ2n) is 6.15. The third-order valence-corrected chi connectivity index (χ3v) is 4.51. The zero-order chi connectivity index (χ0) is 17.0. The Hall–Kier alpha value is -3.07. The Morgan fingerprint density at radius 2 is 2.28 bits per heavy atom. The molecular formula is C16H15N7O2. The Labute approximate surface area is 141 Å². The van der Waals surface area contributed by atoms with E-state index in [-0.39, 0.29) is 11.6 Å². The minimum absolute atomic E-state index is 0.0731. The first-order chi connectivity index (χ1) is 12.2. The Balaban J connectivity index is 1.71. The molecule has 0 aromatic carbocycles. The molecule has 1 aliphatic rings. The summed E-state index contributed by atoms with van der Waals surface area (Å²) in [4.78, 5) is 21.6. The van der Waals surface area contributed by atoms with Crippen molar-refractivity contribution < 1.29 is 4.74 Å². The van der Waals surface area contributed by atoms with Gasteiger partial charge in [0.15, 0.2) is 17.0 Å². The second kappa shape index (κ2) is 5.21. The van der Waals surface area contributed by atoms with Crippen LogP contribution in [0, 0.1) is 6.92 Å². The van der Waals surface area contributed by atoms with Crippen LogP contribution in [0.1, 0.15) is 18.3 Å². The maximum atomic E-state index is 12.8. The van der Waals surface area contributed by atoms with E-state index in [2.05, 4.69) is 25.3 Å². The number of aryl methyl sites for hydroxylation is 1. The SMILES string of the molecule is Cc1nc(-n2cc3ccn([C@H]4CCOC4)c(=O)c3n2)c2cn[nH]c2n1. The van der Waals surface area contributed by atoms with Crippen molar-refractivity contribution >= 4 is 21.9 Å². The van der Waals surface area contributed by atoms with Gasteiger partial charge in [-0.1, -0.05) is 0 Å². The van der Waals surface area contributed by atoms with Crippen LogP contribution in [0.4, 0.5) is 0 Å². The monoisotopic (exact) mass is 337 g/mol. The fourth-order valence-corrected chi connectivity index (χ4v) is 3.27. The van der Waals surface area contributed by atoms with Crippen LogP contribution in [-0.4, -0.2) is 47.7 Å². The van der Waals surface area contributed by atoms with Crippen LogP contribution in [0.15, 0.2) is 29.5 Å². The zero-order valence-electron chi connectivity index (χ0n) is 13.5. The minimum atomic E-state index is -0.110. The molecule has 4 aromatic rings. The average molecular weight is 337 g/mol. The van der Waals surface area contributed by atoms with E-state index in [1.807, 2.05) is 12.3 Å². The number of aromatic nitrogens is 7. The highest BCUT2D eigenvalue weighted by atomic mass is 16.5. The van der Waals surface area contributed by atoms with Crippen molar-refractivity contribution in [3.05, 3.63) is 40.8 Å². The first-order valence-corrected chi connectivity index (χ1v) is 8.07. The summed E-state index contributed by atoms with van der Waals surface area (Å²) < 4.78 is 8.73. The number of H-pyrrole nitrogens is 1. The predicted molar refractivity (Wildman–Crippen MR) is 89.8 cm³/mol. The molecular weight excluding hydrogens is 322 g/mol. The predicted octanol–water partition coefficient (Wildman–Crippen LogP) is 1.12. The average Bonchev–Trinajstić information content (AvgIpc) is 3.34. The van der Waals surface area contributed by atoms with Crippen LogP contribution in [0.2, 0.25) is 0 Å². The van der Waals surface area contributed by atoms with E-state index >= 15 is 0 Å². The van der Waals surface area contributed by atoms with Crippen LogP contribution in [-0.2, 0) is 4.74 Å².